The summed E-state index contributed by atoms with van der Waals surface area (Å²) in [6, 6.07) is 17.0. The number of ether oxygens (including phenoxy) is 1. The molecule has 0 aliphatic rings. The molecule has 0 aromatic heterocycles. The van der Waals surface area contributed by atoms with Crippen LogP contribution in [0.4, 0.5) is 0 Å². The average Bonchev–Trinajstić information content (AvgIpc) is 2.49. The molecular formula is C16H16O5P-. The number of rotatable bonds is 7. The van der Waals surface area contributed by atoms with Gasteiger partial charge in [0, 0.05) is 0 Å². The first-order valence-electron chi connectivity index (χ1n) is 6.73. The maximum Gasteiger partial charge on any atom is 0.457 e. The number of benzene rings is 2. The standard InChI is InChI=1S/C16H17O5P/c1-2-19-16(17)13-22(18,20-14-9-5-3-6-10-14)21-15-11-7-4-8-12-15/h3-13,17H,2H2,1H3/p-1/b16-13+. The smallest absolute Gasteiger partial charge is 0.457 e. The molecule has 0 unspecified atom stereocenters. The van der Waals surface area contributed by atoms with E-state index in [9.17, 15) is 9.67 Å². The molecule has 116 valence electrons. The summed E-state index contributed by atoms with van der Waals surface area (Å²) in [5.41, 5.74) is 0. The zero-order valence-electron chi connectivity index (χ0n) is 12.0. The fraction of sp³-hybridized carbons (Fsp3) is 0.125. The molecule has 2 aromatic carbocycles. The fourth-order valence-electron chi connectivity index (χ4n) is 1.64. The van der Waals surface area contributed by atoms with Gasteiger partial charge in [-0.2, -0.15) is 0 Å². The molecule has 6 heteroatoms. The molecule has 0 spiro atoms. The molecule has 0 fully saturated rings. The zero-order chi connectivity index (χ0) is 15.8. The van der Waals surface area contributed by atoms with E-state index in [1.807, 2.05) is 0 Å². The van der Waals surface area contributed by atoms with Crippen molar-refractivity contribution in [3.05, 3.63) is 72.4 Å². The van der Waals surface area contributed by atoms with Crippen LogP contribution in [0.5, 0.6) is 11.5 Å². The van der Waals surface area contributed by atoms with Gasteiger partial charge in [0.05, 0.1) is 11.8 Å². The Hall–Kier alpha value is -2.39. The third-order valence-corrected chi connectivity index (χ3v) is 3.96. The summed E-state index contributed by atoms with van der Waals surface area (Å²) in [6.45, 7) is 1.83. The van der Waals surface area contributed by atoms with Crippen molar-refractivity contribution in [1.29, 1.82) is 0 Å². The highest BCUT2D eigenvalue weighted by Crippen LogP contribution is 2.50. The van der Waals surface area contributed by atoms with Crippen LogP contribution in [0, 0.1) is 0 Å². The lowest BCUT2D eigenvalue weighted by Gasteiger charge is -2.20. The maximum absolute atomic E-state index is 12.8. The summed E-state index contributed by atoms with van der Waals surface area (Å²) >= 11 is 0. The third-order valence-electron chi connectivity index (χ3n) is 2.50. The first-order chi connectivity index (χ1) is 10.6. The monoisotopic (exact) mass is 319 g/mol. The lowest BCUT2D eigenvalue weighted by Crippen LogP contribution is -2.10. The van der Waals surface area contributed by atoms with Crippen LogP contribution in [0.25, 0.3) is 0 Å². The van der Waals surface area contributed by atoms with Crippen molar-refractivity contribution in [1.82, 2.24) is 0 Å². The van der Waals surface area contributed by atoms with Gasteiger partial charge in [-0.25, -0.2) is 4.57 Å². The second-order valence-electron chi connectivity index (χ2n) is 4.23. The van der Waals surface area contributed by atoms with Crippen molar-refractivity contribution in [3.8, 4) is 11.5 Å². The van der Waals surface area contributed by atoms with Crippen molar-refractivity contribution in [2.45, 2.75) is 6.92 Å². The van der Waals surface area contributed by atoms with Crippen LogP contribution in [0.15, 0.2) is 72.4 Å². The minimum atomic E-state index is -3.85. The molecule has 0 saturated carbocycles. The van der Waals surface area contributed by atoms with Gasteiger partial charge in [-0.1, -0.05) is 43.3 Å². The topological polar surface area (TPSA) is 67.8 Å². The van der Waals surface area contributed by atoms with Gasteiger partial charge in [-0.3, -0.25) is 0 Å². The predicted molar refractivity (Wildman–Crippen MR) is 81.5 cm³/mol. The first-order valence-corrected chi connectivity index (χ1v) is 8.34. The largest absolute Gasteiger partial charge is 0.613 e. The Kier molecular flexibility index (Phi) is 5.50. The summed E-state index contributed by atoms with van der Waals surface area (Å²) < 4.78 is 28.4. The van der Waals surface area contributed by atoms with Gasteiger partial charge in [-0.15, -0.1) is 0 Å². The molecule has 0 atom stereocenters. The van der Waals surface area contributed by atoms with E-state index in [2.05, 4.69) is 0 Å². The molecule has 0 aliphatic heterocycles. The minimum absolute atomic E-state index is 0.173. The lowest BCUT2D eigenvalue weighted by atomic mass is 10.3. The quantitative estimate of drug-likeness (QED) is 0.577. The van der Waals surface area contributed by atoms with Crippen molar-refractivity contribution in [3.63, 3.8) is 0 Å². The van der Waals surface area contributed by atoms with Gasteiger partial charge >= 0.3 is 7.60 Å². The molecule has 2 aromatic rings. The third kappa shape index (κ3) is 4.86. The highest BCUT2D eigenvalue weighted by molar-refractivity contribution is 7.58. The molecule has 0 saturated heterocycles. The molecule has 0 amide bonds. The summed E-state index contributed by atoms with van der Waals surface area (Å²) in [5.74, 6) is 0.763. The van der Waals surface area contributed by atoms with Gasteiger partial charge in [0.1, 0.15) is 11.5 Å². The van der Waals surface area contributed by atoms with Crippen molar-refractivity contribution in [2.24, 2.45) is 0 Å². The number of hydrogen-bond acceptors (Lipinski definition) is 5. The van der Waals surface area contributed by atoms with E-state index in [1.165, 1.54) is 0 Å². The van der Waals surface area contributed by atoms with E-state index in [-0.39, 0.29) is 6.61 Å². The normalized spacial score (nSPS) is 11.8. The van der Waals surface area contributed by atoms with E-state index in [0.29, 0.717) is 11.5 Å². The van der Waals surface area contributed by atoms with E-state index in [1.54, 1.807) is 67.6 Å². The van der Waals surface area contributed by atoms with Crippen LogP contribution in [0.1, 0.15) is 6.92 Å². The van der Waals surface area contributed by atoms with Gasteiger partial charge < -0.3 is 18.9 Å². The summed E-state index contributed by atoms with van der Waals surface area (Å²) in [4.78, 5) is 0. The van der Waals surface area contributed by atoms with Crippen LogP contribution in [0.3, 0.4) is 0 Å². The van der Waals surface area contributed by atoms with Gasteiger partial charge in [0.2, 0.25) is 0 Å². The molecule has 0 aliphatic carbocycles. The van der Waals surface area contributed by atoms with Crippen LogP contribution in [-0.2, 0) is 9.30 Å². The molecule has 5 nitrogen and oxygen atoms in total. The second kappa shape index (κ2) is 7.57. The van der Waals surface area contributed by atoms with Gasteiger partial charge in [0.15, 0.2) is 0 Å². The Balaban J connectivity index is 2.27. The molecule has 0 bridgehead atoms. The SMILES string of the molecule is CCO/C([O-])=C/P(=O)(Oc1ccccc1)Oc1ccccc1. The average molecular weight is 319 g/mol. The summed E-state index contributed by atoms with van der Waals surface area (Å²) in [6.07, 6.45) is 0. The highest BCUT2D eigenvalue weighted by Gasteiger charge is 2.25. The number of para-hydroxylation sites is 2. The fourth-order valence-corrected chi connectivity index (χ4v) is 2.94. The first kappa shape index (κ1) is 16.0. The summed E-state index contributed by atoms with van der Waals surface area (Å²) in [7, 11) is -3.85. The van der Waals surface area contributed by atoms with Crippen molar-refractivity contribution >= 4 is 7.60 Å². The minimum Gasteiger partial charge on any atom is -0.613 e. The Bertz CT molecular complexity index is 609. The zero-order valence-corrected chi connectivity index (χ0v) is 12.9. The molecular weight excluding hydrogens is 303 g/mol. The van der Waals surface area contributed by atoms with Crippen LogP contribution < -0.4 is 14.2 Å². The van der Waals surface area contributed by atoms with Gasteiger partial charge in [-0.05, 0) is 30.9 Å². The van der Waals surface area contributed by atoms with E-state index in [0.717, 1.165) is 5.82 Å². The van der Waals surface area contributed by atoms with Gasteiger partial charge in [0.25, 0.3) is 0 Å². The molecule has 22 heavy (non-hydrogen) atoms. The maximum atomic E-state index is 12.8. The highest BCUT2D eigenvalue weighted by atomic mass is 31.2. The van der Waals surface area contributed by atoms with Crippen LogP contribution >= 0.6 is 7.60 Å². The lowest BCUT2D eigenvalue weighted by molar-refractivity contribution is -0.356. The Morgan fingerprint density at radius 3 is 1.86 bits per heavy atom. The Morgan fingerprint density at radius 1 is 1.00 bits per heavy atom. The Morgan fingerprint density at radius 2 is 1.45 bits per heavy atom. The number of hydrogen-bond donors (Lipinski definition) is 0. The van der Waals surface area contributed by atoms with Crippen LogP contribution in [-0.4, -0.2) is 6.61 Å². The Labute approximate surface area is 129 Å². The van der Waals surface area contributed by atoms with E-state index >= 15 is 0 Å². The molecule has 0 radical (unpaired) electrons. The molecule has 0 heterocycles. The predicted octanol–water partition coefficient (Wildman–Crippen LogP) is 3.53. The second-order valence-corrected chi connectivity index (χ2v) is 5.93. The van der Waals surface area contributed by atoms with Crippen molar-refractivity contribution in [2.75, 3.05) is 6.61 Å². The summed E-state index contributed by atoms with van der Waals surface area (Å²) in [5, 5.41) is 11.6. The van der Waals surface area contributed by atoms with Crippen LogP contribution in [0.2, 0.25) is 0 Å². The molecule has 0 N–H and O–H groups in total. The van der Waals surface area contributed by atoms with Crippen molar-refractivity contribution < 1.29 is 23.5 Å². The van der Waals surface area contributed by atoms with E-state index in [4.69, 9.17) is 13.8 Å². The molecule has 2 rings (SSSR count). The van der Waals surface area contributed by atoms with E-state index < -0.39 is 13.5 Å².